The topological polar surface area (TPSA) is 84.2 Å². The molecule has 0 aliphatic heterocycles. The second-order valence-corrected chi connectivity index (χ2v) is 3.14. The minimum absolute atomic E-state index is 0.327. The van der Waals surface area contributed by atoms with Crippen molar-refractivity contribution in [2.24, 2.45) is 5.73 Å². The summed E-state index contributed by atoms with van der Waals surface area (Å²) in [6.07, 6.45) is -4.71. The molecule has 0 aliphatic carbocycles. The number of urea groups is 1. The highest BCUT2D eigenvalue weighted by Gasteiger charge is 2.31. The summed E-state index contributed by atoms with van der Waals surface area (Å²) >= 11 is 0. The van der Waals surface area contributed by atoms with E-state index >= 15 is 0 Å². The molecule has 0 aliphatic rings. The van der Waals surface area contributed by atoms with Crippen molar-refractivity contribution in [3.05, 3.63) is 35.1 Å². The molecule has 1 rings (SSSR count). The van der Waals surface area contributed by atoms with Gasteiger partial charge in [-0.15, -0.1) is 0 Å². The Hall–Kier alpha value is -2.32. The van der Waals surface area contributed by atoms with Crippen LogP contribution in [0.25, 0.3) is 0 Å². The minimum atomic E-state index is -4.71. The molecule has 1 aromatic rings. The smallest absolute Gasteiger partial charge is 0.350 e. The van der Waals surface area contributed by atoms with Gasteiger partial charge in [0.05, 0.1) is 11.1 Å². The third-order valence-electron chi connectivity index (χ3n) is 1.84. The number of amides is 3. The van der Waals surface area contributed by atoms with Crippen LogP contribution in [-0.4, -0.2) is 11.9 Å². The Balaban J connectivity index is 3.01. The summed E-state index contributed by atoms with van der Waals surface area (Å²) in [5, 5.41) is 0. The molecule has 0 aromatic heterocycles. The maximum Gasteiger partial charge on any atom is 0.416 e. The molecule has 0 unspecified atom stereocenters. The van der Waals surface area contributed by atoms with Crippen LogP contribution in [0, 0.1) is 5.82 Å². The third-order valence-corrected chi connectivity index (χ3v) is 1.84. The van der Waals surface area contributed by atoms with Gasteiger partial charge in [0.25, 0.3) is 5.91 Å². The lowest BCUT2D eigenvalue weighted by atomic mass is 10.1. The first-order valence-corrected chi connectivity index (χ1v) is 4.44. The van der Waals surface area contributed by atoms with Crippen molar-refractivity contribution in [2.75, 3.05) is 0 Å². The molecule has 5 nitrogen and oxygen atoms in total. The molecule has 98 valence electrons. The zero-order valence-corrected chi connectivity index (χ0v) is 8.64. The number of nitrogens with one attached hydrogen (secondary N) is 2. The predicted octanol–water partition coefficient (Wildman–Crippen LogP) is 1.16. The van der Waals surface area contributed by atoms with Gasteiger partial charge < -0.3 is 5.73 Å². The highest BCUT2D eigenvalue weighted by Crippen LogP contribution is 2.30. The number of nitrogens with two attached hydrogens (primary N) is 1. The second kappa shape index (κ2) is 4.90. The number of hydrogen-bond acceptors (Lipinski definition) is 2. The number of primary amides is 1. The van der Waals surface area contributed by atoms with E-state index in [1.807, 2.05) is 0 Å². The van der Waals surface area contributed by atoms with Gasteiger partial charge in [-0.1, -0.05) is 0 Å². The van der Waals surface area contributed by atoms with Crippen LogP contribution < -0.4 is 16.6 Å². The average molecular weight is 265 g/mol. The van der Waals surface area contributed by atoms with Crippen LogP contribution in [0.3, 0.4) is 0 Å². The second-order valence-electron chi connectivity index (χ2n) is 3.14. The molecule has 0 atom stereocenters. The van der Waals surface area contributed by atoms with Crippen molar-refractivity contribution in [1.82, 2.24) is 10.9 Å². The number of hydrazine groups is 1. The lowest BCUT2D eigenvalue weighted by Crippen LogP contribution is -2.44. The van der Waals surface area contributed by atoms with E-state index < -0.39 is 35.1 Å². The Labute approximate surface area is 97.9 Å². The number of halogens is 4. The van der Waals surface area contributed by atoms with Gasteiger partial charge in [0, 0.05) is 0 Å². The van der Waals surface area contributed by atoms with Crippen LogP contribution in [0.2, 0.25) is 0 Å². The molecule has 1 aromatic carbocycles. The van der Waals surface area contributed by atoms with Crippen LogP contribution in [0.4, 0.5) is 22.4 Å². The third kappa shape index (κ3) is 3.34. The van der Waals surface area contributed by atoms with E-state index in [0.717, 1.165) is 0 Å². The van der Waals surface area contributed by atoms with Gasteiger partial charge in [0.15, 0.2) is 0 Å². The Morgan fingerprint density at radius 1 is 1.17 bits per heavy atom. The van der Waals surface area contributed by atoms with Gasteiger partial charge in [-0.25, -0.2) is 14.6 Å². The molecule has 9 heteroatoms. The fourth-order valence-electron chi connectivity index (χ4n) is 1.06. The maximum atomic E-state index is 13.2. The molecular formula is C9H7F4N3O2. The quantitative estimate of drug-likeness (QED) is 0.525. The zero-order chi connectivity index (χ0) is 13.9. The van der Waals surface area contributed by atoms with E-state index in [-0.39, 0.29) is 0 Å². The molecule has 0 saturated heterocycles. The van der Waals surface area contributed by atoms with E-state index in [2.05, 4.69) is 5.73 Å². The summed E-state index contributed by atoms with van der Waals surface area (Å²) in [7, 11) is 0. The van der Waals surface area contributed by atoms with E-state index in [9.17, 15) is 27.2 Å². The van der Waals surface area contributed by atoms with E-state index in [0.29, 0.717) is 18.2 Å². The molecule has 18 heavy (non-hydrogen) atoms. The number of benzene rings is 1. The fraction of sp³-hybridized carbons (Fsp3) is 0.111. The number of alkyl halides is 3. The van der Waals surface area contributed by atoms with Crippen molar-refractivity contribution in [3.8, 4) is 0 Å². The van der Waals surface area contributed by atoms with Crippen molar-refractivity contribution < 1.29 is 27.2 Å². The number of carbonyl (C=O) groups is 2. The maximum absolute atomic E-state index is 13.2. The van der Waals surface area contributed by atoms with Gasteiger partial charge in [-0.3, -0.25) is 10.2 Å². The monoisotopic (exact) mass is 265 g/mol. The van der Waals surface area contributed by atoms with Gasteiger partial charge in [0.1, 0.15) is 5.82 Å². The average Bonchev–Trinajstić information content (AvgIpc) is 2.24. The molecule has 0 fully saturated rings. The van der Waals surface area contributed by atoms with Crippen LogP contribution in [0.5, 0.6) is 0 Å². The SMILES string of the molecule is NC(=O)NNC(=O)c1cc(C(F)(F)F)ccc1F. The number of carbonyl (C=O) groups excluding carboxylic acids is 2. The highest BCUT2D eigenvalue weighted by atomic mass is 19.4. The van der Waals surface area contributed by atoms with Crippen molar-refractivity contribution in [3.63, 3.8) is 0 Å². The lowest BCUT2D eigenvalue weighted by Gasteiger charge is -2.10. The summed E-state index contributed by atoms with van der Waals surface area (Å²) in [4.78, 5) is 21.5. The minimum Gasteiger partial charge on any atom is -0.350 e. The summed E-state index contributed by atoms with van der Waals surface area (Å²) < 4.78 is 50.2. The van der Waals surface area contributed by atoms with Crippen LogP contribution >= 0.6 is 0 Å². The molecule has 0 bridgehead atoms. The zero-order valence-electron chi connectivity index (χ0n) is 8.64. The lowest BCUT2D eigenvalue weighted by molar-refractivity contribution is -0.137. The molecule has 3 amide bonds. The van der Waals surface area contributed by atoms with Crippen molar-refractivity contribution in [2.45, 2.75) is 6.18 Å². The Morgan fingerprint density at radius 3 is 2.28 bits per heavy atom. The van der Waals surface area contributed by atoms with E-state index in [1.165, 1.54) is 0 Å². The Bertz CT molecular complexity index is 487. The largest absolute Gasteiger partial charge is 0.416 e. The molecular weight excluding hydrogens is 258 g/mol. The number of rotatable bonds is 1. The first-order valence-electron chi connectivity index (χ1n) is 4.44. The Morgan fingerprint density at radius 2 is 1.78 bits per heavy atom. The van der Waals surface area contributed by atoms with Gasteiger partial charge in [-0.05, 0) is 18.2 Å². The molecule has 4 N–H and O–H groups in total. The molecule has 0 saturated carbocycles. The number of hydrogen-bond donors (Lipinski definition) is 3. The van der Waals surface area contributed by atoms with Gasteiger partial charge in [0.2, 0.25) is 0 Å². The summed E-state index contributed by atoms with van der Waals surface area (Å²) in [6.45, 7) is 0. The van der Waals surface area contributed by atoms with Crippen LogP contribution in [0.15, 0.2) is 18.2 Å². The summed E-state index contributed by atoms with van der Waals surface area (Å²) in [6, 6.07) is 0.180. The summed E-state index contributed by atoms with van der Waals surface area (Å²) in [5.41, 5.74) is 5.84. The standard InChI is InChI=1S/C9H7F4N3O2/c10-6-2-1-4(9(11,12)13)3-5(6)7(17)15-16-8(14)18/h1-3H,(H,15,17)(H3,14,16,18). The van der Waals surface area contributed by atoms with Gasteiger partial charge >= 0.3 is 12.2 Å². The summed E-state index contributed by atoms with van der Waals surface area (Å²) in [5.74, 6) is -2.41. The van der Waals surface area contributed by atoms with Crippen LogP contribution in [-0.2, 0) is 6.18 Å². The van der Waals surface area contributed by atoms with Gasteiger partial charge in [-0.2, -0.15) is 13.2 Å². The molecule has 0 spiro atoms. The Kier molecular flexibility index (Phi) is 3.74. The molecule has 0 radical (unpaired) electrons. The predicted molar refractivity (Wildman–Crippen MR) is 51.6 cm³/mol. The fourth-order valence-corrected chi connectivity index (χ4v) is 1.06. The van der Waals surface area contributed by atoms with E-state index in [4.69, 9.17) is 0 Å². The highest BCUT2D eigenvalue weighted by molar-refractivity contribution is 5.95. The normalized spacial score (nSPS) is 10.9. The first kappa shape index (κ1) is 13.7. The van der Waals surface area contributed by atoms with E-state index in [1.54, 1.807) is 10.9 Å². The molecule has 0 heterocycles. The van der Waals surface area contributed by atoms with Crippen LogP contribution in [0.1, 0.15) is 15.9 Å². The van der Waals surface area contributed by atoms with Crippen molar-refractivity contribution >= 4 is 11.9 Å². The van der Waals surface area contributed by atoms with Crippen molar-refractivity contribution in [1.29, 1.82) is 0 Å². The first-order chi connectivity index (χ1) is 8.21.